The van der Waals surface area contributed by atoms with Crippen molar-refractivity contribution in [2.45, 2.75) is 18.6 Å². The largest absolute Gasteiger partial charge is 2.00 e. The van der Waals surface area contributed by atoms with Crippen molar-refractivity contribution in [3.8, 4) is 17.1 Å². The summed E-state index contributed by atoms with van der Waals surface area (Å²) in [6, 6.07) is 17.1. The molecule has 14 heteroatoms. The van der Waals surface area contributed by atoms with E-state index in [4.69, 9.17) is 14.8 Å². The van der Waals surface area contributed by atoms with Gasteiger partial charge in [-0.25, -0.2) is 4.68 Å². The molecule has 0 radical (unpaired) electrons. The second-order valence-corrected chi connectivity index (χ2v) is 9.93. The van der Waals surface area contributed by atoms with Crippen LogP contribution in [0.2, 0.25) is 0 Å². The summed E-state index contributed by atoms with van der Waals surface area (Å²) in [4.78, 5) is 7.19. The number of hydrogen-bond donors (Lipinski definition) is 5. The third-order valence-electron chi connectivity index (χ3n) is 6.90. The quantitative estimate of drug-likeness (QED) is 0.0828. The molecular formula is C30H33N7O6U. The average Bonchev–Trinajstić information content (AvgIpc) is 3.68. The van der Waals surface area contributed by atoms with E-state index in [0.29, 0.717) is 55.0 Å². The standard InChI is InChI=1S/C30H33N7O6.U/c1-3-29(38,39)37(30(40,41)42)12-11-35-21-24(20-31-35)22(2)17-25-18-26(34-13-15-43-16-14-34)19-28(32-25)36-10-9-27(33-36)23-7-5-4-6-8-23;/h3-10,17,19-21,38-42H,1-2,11-16H2;/q-2;+2/b22-17+;. The molecule has 0 aliphatic carbocycles. The number of ether oxygens (including phenoxy) is 1. The molecule has 5 rings (SSSR count). The summed E-state index contributed by atoms with van der Waals surface area (Å²) in [5.41, 5.74) is 4.40. The van der Waals surface area contributed by atoms with Gasteiger partial charge in [0, 0.05) is 37.6 Å². The molecule has 1 aromatic carbocycles. The molecule has 228 valence electrons. The fraction of sp³-hybridized carbons (Fsp3) is 0.267. The first-order valence-electron chi connectivity index (χ1n) is 13.5. The number of rotatable bonds is 11. The molecule has 3 aromatic heterocycles. The molecule has 1 aliphatic heterocycles. The molecule has 0 saturated carbocycles. The van der Waals surface area contributed by atoms with Gasteiger partial charge in [0.1, 0.15) is 0 Å². The van der Waals surface area contributed by atoms with Crippen LogP contribution in [-0.2, 0) is 11.3 Å². The van der Waals surface area contributed by atoms with Gasteiger partial charge in [0.2, 0.25) is 0 Å². The fourth-order valence-electron chi connectivity index (χ4n) is 4.60. The van der Waals surface area contributed by atoms with Crippen LogP contribution in [0.3, 0.4) is 0 Å². The zero-order valence-electron chi connectivity index (χ0n) is 23.9. The smallest absolute Gasteiger partial charge is 0.389 e. The molecular weight excluding hydrogens is 792 g/mol. The van der Waals surface area contributed by atoms with Crippen LogP contribution in [-0.4, -0.2) is 99.8 Å². The fourth-order valence-corrected chi connectivity index (χ4v) is 4.60. The predicted molar refractivity (Wildman–Crippen MR) is 158 cm³/mol. The minimum atomic E-state index is -3.51. The third kappa shape index (κ3) is 8.05. The van der Waals surface area contributed by atoms with E-state index >= 15 is 0 Å². The zero-order valence-corrected chi connectivity index (χ0v) is 28.0. The Morgan fingerprint density at radius 1 is 1.11 bits per heavy atom. The van der Waals surface area contributed by atoms with Crippen molar-refractivity contribution >= 4 is 17.3 Å². The number of hydrogen-bond acceptors (Lipinski definition) is 11. The molecule has 0 unspecified atom stereocenters. The van der Waals surface area contributed by atoms with Crippen LogP contribution in [0.25, 0.3) is 28.7 Å². The molecule has 4 heterocycles. The van der Waals surface area contributed by atoms with Crippen LogP contribution in [0, 0.1) is 44.1 Å². The van der Waals surface area contributed by atoms with Gasteiger partial charge < -0.3 is 35.2 Å². The number of allylic oxidation sites excluding steroid dienone is 1. The van der Waals surface area contributed by atoms with Crippen molar-refractivity contribution in [1.29, 1.82) is 0 Å². The summed E-state index contributed by atoms with van der Waals surface area (Å²) in [6.07, 6.45) is 3.96. The summed E-state index contributed by atoms with van der Waals surface area (Å²) in [5, 5.41) is 57.5. The maximum atomic E-state index is 9.94. The average molecular weight is 826 g/mol. The molecule has 0 spiro atoms. The monoisotopic (exact) mass is 825 g/mol. The van der Waals surface area contributed by atoms with E-state index in [-0.39, 0.29) is 42.6 Å². The van der Waals surface area contributed by atoms with Gasteiger partial charge in [-0.3, -0.25) is 9.67 Å². The van der Waals surface area contributed by atoms with E-state index in [1.54, 1.807) is 23.2 Å². The Morgan fingerprint density at radius 3 is 2.52 bits per heavy atom. The number of nitrogens with zero attached hydrogens (tertiary/aromatic N) is 7. The summed E-state index contributed by atoms with van der Waals surface area (Å²) in [5.74, 6) is -2.27. The van der Waals surface area contributed by atoms with E-state index in [9.17, 15) is 25.5 Å². The van der Waals surface area contributed by atoms with Crippen molar-refractivity contribution in [3.05, 3.63) is 98.0 Å². The Bertz CT molecular complexity index is 1580. The Hall–Kier alpha value is -3.29. The van der Waals surface area contributed by atoms with Gasteiger partial charge in [-0.05, 0) is 24.0 Å². The first-order chi connectivity index (χ1) is 20.5. The molecule has 0 bridgehead atoms. The van der Waals surface area contributed by atoms with Gasteiger partial charge in [0.15, 0.2) is 0 Å². The first-order valence-corrected chi connectivity index (χ1v) is 13.5. The maximum Gasteiger partial charge on any atom is 2.00 e. The van der Waals surface area contributed by atoms with Gasteiger partial charge >= 0.3 is 37.2 Å². The van der Waals surface area contributed by atoms with Gasteiger partial charge in [0.25, 0.3) is 5.91 Å². The normalized spacial score (nSPS) is 14.5. The van der Waals surface area contributed by atoms with Crippen LogP contribution in [0.4, 0.5) is 5.69 Å². The molecule has 0 atom stereocenters. The molecule has 1 aliphatic rings. The summed E-state index contributed by atoms with van der Waals surface area (Å²) in [6.45, 7) is 9.58. The molecule has 5 N–H and O–H groups in total. The Balaban J connectivity index is 0.00000442. The van der Waals surface area contributed by atoms with Crippen LogP contribution >= 0.6 is 0 Å². The minimum Gasteiger partial charge on any atom is -0.389 e. The Kier molecular flexibility index (Phi) is 10.9. The number of anilines is 1. The molecule has 13 nitrogen and oxygen atoms in total. The van der Waals surface area contributed by atoms with Crippen molar-refractivity contribution in [1.82, 2.24) is 29.4 Å². The second-order valence-electron chi connectivity index (χ2n) is 9.93. The van der Waals surface area contributed by atoms with Gasteiger partial charge in [0.05, 0.1) is 31.3 Å². The van der Waals surface area contributed by atoms with Crippen LogP contribution in [0.15, 0.2) is 73.7 Å². The predicted octanol–water partition coefficient (Wildman–Crippen LogP) is 0.857. The molecule has 4 aromatic rings. The van der Waals surface area contributed by atoms with Crippen LogP contribution < -0.4 is 4.90 Å². The van der Waals surface area contributed by atoms with E-state index in [1.165, 1.54) is 4.68 Å². The van der Waals surface area contributed by atoms with E-state index in [1.807, 2.05) is 48.7 Å². The van der Waals surface area contributed by atoms with Gasteiger partial charge in [-0.2, -0.15) is 27.6 Å². The van der Waals surface area contributed by atoms with Crippen LogP contribution in [0.5, 0.6) is 0 Å². The molecule has 0 amide bonds. The Morgan fingerprint density at radius 2 is 1.84 bits per heavy atom. The molecule has 1 fully saturated rings. The number of aromatic nitrogens is 5. The Labute approximate surface area is 278 Å². The second kappa shape index (κ2) is 14.2. The summed E-state index contributed by atoms with van der Waals surface area (Å²) >= 11 is 0. The van der Waals surface area contributed by atoms with Crippen molar-refractivity contribution in [3.63, 3.8) is 0 Å². The van der Waals surface area contributed by atoms with E-state index in [2.05, 4.69) is 29.6 Å². The van der Waals surface area contributed by atoms with E-state index < -0.39 is 18.6 Å². The third-order valence-corrected chi connectivity index (χ3v) is 6.90. The van der Waals surface area contributed by atoms with Gasteiger partial charge in [-0.1, -0.05) is 54.2 Å². The van der Waals surface area contributed by atoms with E-state index in [0.717, 1.165) is 16.9 Å². The van der Waals surface area contributed by atoms with Crippen molar-refractivity contribution in [2.24, 2.45) is 0 Å². The minimum absolute atomic E-state index is 0. The topological polar surface area (TPSA) is 165 Å². The van der Waals surface area contributed by atoms with Gasteiger partial charge in [-0.15, -0.1) is 12.1 Å². The van der Waals surface area contributed by atoms with Crippen molar-refractivity contribution in [2.75, 3.05) is 37.7 Å². The molecule has 1 saturated heterocycles. The zero-order chi connectivity index (χ0) is 30.6. The maximum absolute atomic E-state index is 9.94. The SMILES string of the molecule is C=CC(O)(O)N(CCn1cc(/C([CH2-])=C/c2[c-]c(N3CCOCC3)cc(-n3ccc(-c4ccccc4)n3)n2)cn1)C(O)(O)O.[U+2]. The summed E-state index contributed by atoms with van der Waals surface area (Å²) < 4.78 is 8.67. The number of aliphatic hydroxyl groups is 5. The number of morpholine rings is 1. The number of pyridine rings is 1. The summed E-state index contributed by atoms with van der Waals surface area (Å²) in [7, 11) is 0. The first kappa shape index (κ1) is 33.6. The molecule has 44 heavy (non-hydrogen) atoms. The number of benzene rings is 1. The van der Waals surface area contributed by atoms with Crippen LogP contribution in [0.1, 0.15) is 11.3 Å². The van der Waals surface area contributed by atoms with Crippen molar-refractivity contribution < 1.29 is 61.4 Å².